The van der Waals surface area contributed by atoms with E-state index in [1.165, 1.54) is 35.4 Å². The topological polar surface area (TPSA) is 128 Å². The lowest BCUT2D eigenvalue weighted by Gasteiger charge is -2.02. The molecule has 26 heavy (non-hydrogen) atoms. The van der Waals surface area contributed by atoms with Crippen LogP contribution in [0.25, 0.3) is 5.69 Å². The molecule has 0 aliphatic rings. The Kier molecular flexibility index (Phi) is 4.94. The number of nitrogens with one attached hydrogen (secondary N) is 1. The summed E-state index contributed by atoms with van der Waals surface area (Å²) in [5.41, 5.74) is 3.58. The molecule has 1 heterocycles. The fourth-order valence-electron chi connectivity index (χ4n) is 2.01. The largest absolute Gasteiger partial charge is 0.271 e. The Labute approximate surface area is 151 Å². The van der Waals surface area contributed by atoms with E-state index in [0.717, 1.165) is 0 Å². The van der Waals surface area contributed by atoms with E-state index in [-0.39, 0.29) is 10.7 Å². The van der Waals surface area contributed by atoms with Crippen molar-refractivity contribution in [2.45, 2.75) is 0 Å². The van der Waals surface area contributed by atoms with Gasteiger partial charge in [0.15, 0.2) is 0 Å². The van der Waals surface area contributed by atoms with E-state index in [1.54, 1.807) is 24.3 Å². The van der Waals surface area contributed by atoms with Gasteiger partial charge in [0, 0.05) is 28.3 Å². The van der Waals surface area contributed by atoms with E-state index in [1.807, 2.05) is 0 Å². The summed E-state index contributed by atoms with van der Waals surface area (Å²) >= 11 is 5.95. The van der Waals surface area contributed by atoms with Crippen molar-refractivity contribution < 1.29 is 9.72 Å². The van der Waals surface area contributed by atoms with Crippen LogP contribution in [0.4, 0.5) is 5.69 Å². The van der Waals surface area contributed by atoms with Crippen LogP contribution in [0.2, 0.25) is 5.02 Å². The zero-order chi connectivity index (χ0) is 18.5. The molecule has 0 spiro atoms. The lowest BCUT2D eigenvalue weighted by Crippen LogP contribution is -2.17. The van der Waals surface area contributed by atoms with E-state index in [0.29, 0.717) is 16.8 Å². The van der Waals surface area contributed by atoms with Gasteiger partial charge in [0.25, 0.3) is 11.6 Å². The first-order valence-electron chi connectivity index (χ1n) is 7.15. The highest BCUT2D eigenvalue weighted by molar-refractivity contribution is 6.33. The Balaban J connectivity index is 1.68. The molecule has 3 aromatic rings. The van der Waals surface area contributed by atoms with E-state index < -0.39 is 10.8 Å². The van der Waals surface area contributed by atoms with Gasteiger partial charge in [-0.1, -0.05) is 11.6 Å². The van der Waals surface area contributed by atoms with Gasteiger partial charge in [0.2, 0.25) is 0 Å². The number of tetrazole rings is 1. The van der Waals surface area contributed by atoms with Crippen LogP contribution in [0.15, 0.2) is 53.9 Å². The summed E-state index contributed by atoms with van der Waals surface area (Å²) in [7, 11) is 0. The van der Waals surface area contributed by atoms with Gasteiger partial charge in [-0.05, 0) is 40.8 Å². The third kappa shape index (κ3) is 3.87. The van der Waals surface area contributed by atoms with Gasteiger partial charge in [-0.25, -0.2) is 10.1 Å². The average Bonchev–Trinajstić information content (AvgIpc) is 3.18. The molecule has 1 N–H and O–H groups in total. The van der Waals surface area contributed by atoms with Gasteiger partial charge < -0.3 is 0 Å². The number of nitro groups is 1. The number of non-ortho nitro benzene ring substituents is 1. The number of hydrogen-bond donors (Lipinski definition) is 1. The van der Waals surface area contributed by atoms with Gasteiger partial charge in [-0.3, -0.25) is 14.9 Å². The molecule has 0 bridgehead atoms. The maximum absolute atomic E-state index is 12.1. The molecule has 10 nitrogen and oxygen atoms in total. The summed E-state index contributed by atoms with van der Waals surface area (Å²) in [4.78, 5) is 22.3. The lowest BCUT2D eigenvalue weighted by molar-refractivity contribution is -0.384. The number of hydrogen-bond acceptors (Lipinski definition) is 7. The van der Waals surface area contributed by atoms with E-state index in [4.69, 9.17) is 11.6 Å². The number of nitrogens with zero attached hydrogens (tertiary/aromatic N) is 6. The predicted molar refractivity (Wildman–Crippen MR) is 92.3 cm³/mol. The zero-order valence-corrected chi connectivity index (χ0v) is 13.7. The summed E-state index contributed by atoms with van der Waals surface area (Å²) in [6, 6.07) is 10.5. The predicted octanol–water partition coefficient (Wildman–Crippen LogP) is 1.99. The number of hydrazone groups is 1. The molecular formula is C15H10ClN7O3. The van der Waals surface area contributed by atoms with Crippen LogP contribution in [-0.2, 0) is 0 Å². The third-order valence-electron chi connectivity index (χ3n) is 3.30. The SMILES string of the molecule is O=C(N/N=C/c1cc([N+](=O)[O-])ccc1Cl)c1ccc(-n2cnnn2)cc1. The number of amides is 1. The fourth-order valence-corrected chi connectivity index (χ4v) is 2.18. The molecule has 0 aliphatic carbocycles. The van der Waals surface area contributed by atoms with Crippen LogP contribution in [0.5, 0.6) is 0 Å². The van der Waals surface area contributed by atoms with Crippen molar-refractivity contribution in [1.29, 1.82) is 0 Å². The van der Waals surface area contributed by atoms with Crippen molar-refractivity contribution in [1.82, 2.24) is 25.6 Å². The summed E-state index contributed by atoms with van der Waals surface area (Å²) in [6.07, 6.45) is 2.67. The minimum absolute atomic E-state index is 0.125. The summed E-state index contributed by atoms with van der Waals surface area (Å²) in [6.45, 7) is 0. The van der Waals surface area contributed by atoms with Gasteiger partial charge in [0.1, 0.15) is 6.33 Å². The number of aromatic nitrogens is 4. The molecule has 0 aliphatic heterocycles. The number of carbonyl (C=O) groups excluding carboxylic acids is 1. The number of rotatable bonds is 5. The number of benzene rings is 2. The standard InChI is InChI=1S/C15H10ClN7O3/c16-14-6-5-13(23(25)26)7-11(14)8-17-19-15(24)10-1-3-12(4-2-10)22-9-18-20-21-22/h1-9H,(H,19,24)/b17-8+. The van der Waals surface area contributed by atoms with Crippen molar-refractivity contribution in [3.8, 4) is 5.69 Å². The molecule has 1 amide bonds. The molecule has 130 valence electrons. The van der Waals surface area contributed by atoms with Crippen molar-refractivity contribution >= 4 is 29.4 Å². The maximum atomic E-state index is 12.1. The smallest absolute Gasteiger partial charge is 0.267 e. The number of nitro benzene ring substituents is 1. The first kappa shape index (κ1) is 17.2. The second-order valence-corrected chi connectivity index (χ2v) is 5.37. The number of halogens is 1. The van der Waals surface area contributed by atoms with Crippen molar-refractivity contribution in [3.05, 3.63) is 75.1 Å². The maximum Gasteiger partial charge on any atom is 0.271 e. The molecule has 11 heteroatoms. The highest BCUT2D eigenvalue weighted by Gasteiger charge is 2.09. The second-order valence-electron chi connectivity index (χ2n) is 4.96. The van der Waals surface area contributed by atoms with Crippen molar-refractivity contribution in [3.63, 3.8) is 0 Å². The molecule has 0 radical (unpaired) electrons. The Bertz CT molecular complexity index is 971. The Hall–Kier alpha value is -3.66. The molecule has 0 saturated carbocycles. The second kappa shape index (κ2) is 7.49. The third-order valence-corrected chi connectivity index (χ3v) is 3.65. The van der Waals surface area contributed by atoms with Crippen LogP contribution in [0, 0.1) is 10.1 Å². The summed E-state index contributed by atoms with van der Waals surface area (Å²) < 4.78 is 1.45. The van der Waals surface area contributed by atoms with Crippen LogP contribution in [-0.4, -0.2) is 37.3 Å². The van der Waals surface area contributed by atoms with E-state index >= 15 is 0 Å². The quantitative estimate of drug-likeness (QED) is 0.415. The van der Waals surface area contributed by atoms with Crippen molar-refractivity contribution in [2.24, 2.45) is 5.10 Å². The lowest BCUT2D eigenvalue weighted by atomic mass is 10.2. The first-order valence-corrected chi connectivity index (χ1v) is 7.53. The summed E-state index contributed by atoms with van der Waals surface area (Å²) in [5, 5.41) is 25.6. The first-order chi connectivity index (χ1) is 12.5. The average molecular weight is 372 g/mol. The van der Waals surface area contributed by atoms with E-state index in [9.17, 15) is 14.9 Å². The monoisotopic (exact) mass is 371 g/mol. The molecule has 2 aromatic carbocycles. The van der Waals surface area contributed by atoms with Crippen LogP contribution in [0.1, 0.15) is 15.9 Å². The van der Waals surface area contributed by atoms with Crippen LogP contribution < -0.4 is 5.43 Å². The number of carbonyl (C=O) groups is 1. The molecule has 0 fully saturated rings. The van der Waals surface area contributed by atoms with Crippen LogP contribution in [0.3, 0.4) is 0 Å². The normalized spacial score (nSPS) is 10.8. The highest BCUT2D eigenvalue weighted by Crippen LogP contribution is 2.20. The van der Waals surface area contributed by atoms with Gasteiger partial charge in [-0.15, -0.1) is 5.10 Å². The molecule has 0 atom stereocenters. The molecular weight excluding hydrogens is 362 g/mol. The van der Waals surface area contributed by atoms with Gasteiger partial charge in [-0.2, -0.15) is 5.10 Å². The van der Waals surface area contributed by atoms with Gasteiger partial charge in [0.05, 0.1) is 16.8 Å². The van der Waals surface area contributed by atoms with Crippen LogP contribution >= 0.6 is 11.6 Å². The minimum atomic E-state index is -0.543. The minimum Gasteiger partial charge on any atom is -0.267 e. The molecule has 1 aromatic heterocycles. The highest BCUT2D eigenvalue weighted by atomic mass is 35.5. The molecule has 0 unspecified atom stereocenters. The fraction of sp³-hybridized carbons (Fsp3) is 0. The van der Waals surface area contributed by atoms with Crippen molar-refractivity contribution in [2.75, 3.05) is 0 Å². The summed E-state index contributed by atoms with van der Waals surface area (Å²) in [5.74, 6) is -0.453. The molecule has 0 saturated heterocycles. The Morgan fingerprint density at radius 2 is 2.04 bits per heavy atom. The Morgan fingerprint density at radius 1 is 1.27 bits per heavy atom. The van der Waals surface area contributed by atoms with Gasteiger partial charge >= 0.3 is 0 Å². The zero-order valence-electron chi connectivity index (χ0n) is 13.0. The molecule has 3 rings (SSSR count). The van der Waals surface area contributed by atoms with E-state index in [2.05, 4.69) is 26.1 Å². The Morgan fingerprint density at radius 3 is 2.69 bits per heavy atom.